The van der Waals surface area contributed by atoms with Crippen LogP contribution in [0.25, 0.3) is 6.08 Å². The van der Waals surface area contributed by atoms with Gasteiger partial charge in [0.1, 0.15) is 17.4 Å². The Labute approximate surface area is 185 Å². The fourth-order valence-corrected chi connectivity index (χ4v) is 4.55. The van der Waals surface area contributed by atoms with Crippen LogP contribution in [0.1, 0.15) is 55.1 Å². The quantitative estimate of drug-likeness (QED) is 0.670. The Hall–Kier alpha value is -3.36. The Bertz CT molecular complexity index is 1080. The average Bonchev–Trinajstić information content (AvgIpc) is 2.98. The Kier molecular flexibility index (Phi) is 4.38. The smallest absolute Gasteiger partial charge is 0.410 e. The van der Waals surface area contributed by atoms with Crippen molar-refractivity contribution in [2.24, 2.45) is 0 Å². The van der Waals surface area contributed by atoms with E-state index in [-0.39, 0.29) is 24.3 Å². The zero-order valence-corrected chi connectivity index (χ0v) is 18.3. The molecule has 1 spiro atoms. The van der Waals surface area contributed by atoms with Crippen molar-refractivity contribution < 1.29 is 28.7 Å². The zero-order chi connectivity index (χ0) is 22.8. The van der Waals surface area contributed by atoms with Gasteiger partial charge in [-0.3, -0.25) is 24.6 Å². The normalized spacial score (nSPS) is 23.3. The van der Waals surface area contributed by atoms with Crippen molar-refractivity contribution in [1.29, 1.82) is 0 Å². The molecule has 9 nitrogen and oxygen atoms in total. The number of hydrogen-bond acceptors (Lipinski definition) is 6. The van der Waals surface area contributed by atoms with Crippen LogP contribution in [0.5, 0.6) is 5.75 Å². The van der Waals surface area contributed by atoms with Gasteiger partial charge in [0.05, 0.1) is 13.1 Å². The standard InChI is InChI=1S/C23H25N3O6/c1-22(2,3)32-21(30)25-11-23(12-25)7-6-13-8-14-10-26(16-4-5-18(27)24-19(16)28)20(29)15(14)9-17(13)31-23/h6-9,16H,4-5,10-12H2,1-3H3,(H,24,27,28). The van der Waals surface area contributed by atoms with Crippen molar-refractivity contribution >= 4 is 29.9 Å². The van der Waals surface area contributed by atoms with E-state index in [1.54, 1.807) is 11.0 Å². The number of piperidine rings is 1. The molecule has 1 unspecified atom stereocenters. The molecule has 4 aliphatic rings. The van der Waals surface area contributed by atoms with E-state index in [1.807, 2.05) is 39.0 Å². The SMILES string of the molecule is CC(C)(C)OC(=O)N1CC2(C=Cc3cc4c(cc3O2)C(=O)N(C2CCC(=O)NC2=O)C4)C1. The van der Waals surface area contributed by atoms with Gasteiger partial charge in [0.15, 0.2) is 5.60 Å². The number of nitrogens with zero attached hydrogens (tertiary/aromatic N) is 2. The Morgan fingerprint density at radius 2 is 1.97 bits per heavy atom. The molecule has 1 N–H and O–H groups in total. The van der Waals surface area contributed by atoms with Crippen molar-refractivity contribution in [2.75, 3.05) is 13.1 Å². The number of hydrogen-bond donors (Lipinski definition) is 1. The maximum absolute atomic E-state index is 13.0. The first-order chi connectivity index (χ1) is 15.0. The number of fused-ring (bicyclic) bond motifs is 2. The van der Waals surface area contributed by atoms with E-state index in [1.165, 1.54) is 4.90 Å². The van der Waals surface area contributed by atoms with Crippen LogP contribution in [0.2, 0.25) is 0 Å². The van der Waals surface area contributed by atoms with E-state index >= 15 is 0 Å². The van der Waals surface area contributed by atoms with Gasteiger partial charge in [0.2, 0.25) is 11.8 Å². The van der Waals surface area contributed by atoms with Crippen LogP contribution in [-0.2, 0) is 20.9 Å². The minimum absolute atomic E-state index is 0.218. The monoisotopic (exact) mass is 439 g/mol. The topological polar surface area (TPSA) is 105 Å². The second-order valence-corrected chi connectivity index (χ2v) is 9.78. The van der Waals surface area contributed by atoms with Gasteiger partial charge in [-0.25, -0.2) is 4.79 Å². The number of likely N-dealkylation sites (tertiary alicyclic amines) is 1. The number of nitrogens with one attached hydrogen (secondary N) is 1. The molecule has 2 fully saturated rings. The van der Waals surface area contributed by atoms with E-state index in [0.717, 1.165) is 11.1 Å². The lowest BCUT2D eigenvalue weighted by Gasteiger charge is -2.49. The van der Waals surface area contributed by atoms with E-state index in [2.05, 4.69) is 5.32 Å². The van der Waals surface area contributed by atoms with Gasteiger partial charge in [0, 0.05) is 24.1 Å². The van der Waals surface area contributed by atoms with Crippen molar-refractivity contribution in [3.8, 4) is 5.75 Å². The molecular weight excluding hydrogens is 414 g/mol. The molecule has 4 heterocycles. The summed E-state index contributed by atoms with van der Waals surface area (Å²) in [5, 5.41) is 2.31. The first-order valence-electron chi connectivity index (χ1n) is 10.7. The van der Waals surface area contributed by atoms with Crippen LogP contribution in [0.3, 0.4) is 0 Å². The molecule has 1 aromatic carbocycles. The van der Waals surface area contributed by atoms with E-state index in [9.17, 15) is 19.2 Å². The largest absolute Gasteiger partial charge is 0.479 e. The summed E-state index contributed by atoms with van der Waals surface area (Å²) in [5.74, 6) is -0.406. The predicted molar refractivity (Wildman–Crippen MR) is 113 cm³/mol. The van der Waals surface area contributed by atoms with Crippen molar-refractivity contribution in [1.82, 2.24) is 15.1 Å². The van der Waals surface area contributed by atoms with Gasteiger partial charge in [-0.15, -0.1) is 0 Å². The summed E-state index contributed by atoms with van der Waals surface area (Å²) in [6.45, 7) is 6.52. The second-order valence-electron chi connectivity index (χ2n) is 9.78. The predicted octanol–water partition coefficient (Wildman–Crippen LogP) is 1.84. The van der Waals surface area contributed by atoms with Crippen molar-refractivity contribution in [3.63, 3.8) is 0 Å². The summed E-state index contributed by atoms with van der Waals surface area (Å²) in [5.41, 5.74) is 0.977. The molecule has 0 bridgehead atoms. The summed E-state index contributed by atoms with van der Waals surface area (Å²) in [7, 11) is 0. The molecular formula is C23H25N3O6. The van der Waals surface area contributed by atoms with Crippen LogP contribution in [0.4, 0.5) is 4.79 Å². The van der Waals surface area contributed by atoms with Crippen LogP contribution in [0.15, 0.2) is 18.2 Å². The Morgan fingerprint density at radius 3 is 2.66 bits per heavy atom. The first kappa shape index (κ1) is 20.5. The number of carbonyl (C=O) groups excluding carboxylic acids is 4. The number of amides is 4. The number of imide groups is 1. The van der Waals surface area contributed by atoms with Crippen LogP contribution in [-0.4, -0.2) is 63.9 Å². The highest BCUT2D eigenvalue weighted by molar-refractivity contribution is 6.05. The third kappa shape index (κ3) is 3.41. The Balaban J connectivity index is 1.31. The van der Waals surface area contributed by atoms with Gasteiger partial charge < -0.3 is 14.4 Å². The molecule has 9 heteroatoms. The maximum atomic E-state index is 13.0. The molecule has 1 atom stereocenters. The summed E-state index contributed by atoms with van der Waals surface area (Å²) in [6, 6.07) is 2.98. The highest BCUT2D eigenvalue weighted by Crippen LogP contribution is 2.40. The average molecular weight is 439 g/mol. The highest BCUT2D eigenvalue weighted by atomic mass is 16.6. The minimum atomic E-state index is -0.651. The Morgan fingerprint density at radius 1 is 1.22 bits per heavy atom. The molecule has 0 aliphatic carbocycles. The second kappa shape index (κ2) is 6.82. The molecule has 0 radical (unpaired) electrons. The van der Waals surface area contributed by atoms with Crippen LogP contribution < -0.4 is 10.1 Å². The number of rotatable bonds is 1. The van der Waals surface area contributed by atoms with Crippen molar-refractivity contribution in [3.05, 3.63) is 34.9 Å². The number of ether oxygens (including phenoxy) is 2. The number of benzene rings is 1. The maximum Gasteiger partial charge on any atom is 0.410 e. The molecule has 168 valence electrons. The highest BCUT2D eigenvalue weighted by Gasteiger charge is 2.49. The lowest BCUT2D eigenvalue weighted by Crippen LogP contribution is -2.66. The molecule has 0 aromatic heterocycles. The van der Waals surface area contributed by atoms with E-state index in [4.69, 9.17) is 9.47 Å². The molecule has 32 heavy (non-hydrogen) atoms. The number of carbonyl (C=O) groups is 4. The summed E-state index contributed by atoms with van der Waals surface area (Å²) < 4.78 is 11.6. The summed E-state index contributed by atoms with van der Waals surface area (Å²) in [6.07, 6.45) is 4.05. The fourth-order valence-electron chi connectivity index (χ4n) is 4.55. The molecule has 1 aromatic rings. The molecule has 5 rings (SSSR count). The van der Waals surface area contributed by atoms with Gasteiger partial charge in [-0.1, -0.05) is 6.08 Å². The van der Waals surface area contributed by atoms with Gasteiger partial charge in [-0.05, 0) is 51.0 Å². The van der Waals surface area contributed by atoms with E-state index in [0.29, 0.717) is 37.4 Å². The van der Waals surface area contributed by atoms with Gasteiger partial charge >= 0.3 is 6.09 Å². The first-order valence-corrected chi connectivity index (χ1v) is 10.7. The van der Waals surface area contributed by atoms with Crippen LogP contribution in [0, 0.1) is 0 Å². The molecule has 4 aliphatic heterocycles. The van der Waals surface area contributed by atoms with Crippen molar-refractivity contribution in [2.45, 2.75) is 57.4 Å². The lowest BCUT2D eigenvalue weighted by atomic mass is 9.89. The van der Waals surface area contributed by atoms with Gasteiger partial charge in [-0.2, -0.15) is 0 Å². The lowest BCUT2D eigenvalue weighted by molar-refractivity contribution is -0.136. The third-order valence-corrected chi connectivity index (χ3v) is 6.10. The summed E-state index contributed by atoms with van der Waals surface area (Å²) in [4.78, 5) is 52.1. The molecule has 0 saturated carbocycles. The minimum Gasteiger partial charge on any atom is -0.479 e. The van der Waals surface area contributed by atoms with Gasteiger partial charge in [0.25, 0.3) is 5.91 Å². The van der Waals surface area contributed by atoms with Crippen LogP contribution >= 0.6 is 0 Å². The summed E-state index contributed by atoms with van der Waals surface area (Å²) >= 11 is 0. The molecule has 4 amide bonds. The van der Waals surface area contributed by atoms with E-state index < -0.39 is 23.2 Å². The molecule has 2 saturated heterocycles. The fraction of sp³-hybridized carbons (Fsp3) is 0.478. The zero-order valence-electron chi connectivity index (χ0n) is 18.3. The third-order valence-electron chi connectivity index (χ3n) is 6.10.